The van der Waals surface area contributed by atoms with E-state index in [2.05, 4.69) is 27.8 Å². The molecule has 0 saturated carbocycles. The molecule has 1 aliphatic rings. The monoisotopic (exact) mass is 376 g/mol. The van der Waals surface area contributed by atoms with Crippen molar-refractivity contribution in [1.82, 2.24) is 20.3 Å². The van der Waals surface area contributed by atoms with Gasteiger partial charge in [-0.3, -0.25) is 4.79 Å². The second-order valence-electron chi connectivity index (χ2n) is 7.16. The van der Waals surface area contributed by atoms with Crippen LogP contribution in [0.15, 0.2) is 42.5 Å². The molecule has 0 fully saturated rings. The SMILES string of the molecule is Cc1ccc(-n2nnc(C(=O)NCCOc3ccc4c(c3)CCC4)c2C)cc1. The van der Waals surface area contributed by atoms with E-state index in [-0.39, 0.29) is 5.91 Å². The van der Waals surface area contributed by atoms with Gasteiger partial charge in [-0.2, -0.15) is 0 Å². The molecule has 144 valence electrons. The fourth-order valence-corrected chi connectivity index (χ4v) is 3.53. The summed E-state index contributed by atoms with van der Waals surface area (Å²) < 4.78 is 7.45. The Labute approximate surface area is 164 Å². The number of fused-ring (bicyclic) bond motifs is 1. The van der Waals surface area contributed by atoms with Crippen LogP contribution in [0.5, 0.6) is 5.75 Å². The standard InChI is InChI=1S/C22H24N4O2/c1-15-6-9-19(10-7-15)26-16(2)21(24-25-26)22(27)23-12-13-28-20-11-8-17-4-3-5-18(17)14-20/h6-11,14H,3-5,12-13H2,1-2H3,(H,23,27). The van der Waals surface area contributed by atoms with E-state index < -0.39 is 0 Å². The van der Waals surface area contributed by atoms with Crippen LogP contribution in [0.2, 0.25) is 0 Å². The van der Waals surface area contributed by atoms with Gasteiger partial charge < -0.3 is 10.1 Å². The van der Waals surface area contributed by atoms with E-state index in [0.29, 0.717) is 24.5 Å². The third-order valence-electron chi connectivity index (χ3n) is 5.11. The number of carbonyl (C=O) groups is 1. The van der Waals surface area contributed by atoms with Gasteiger partial charge in [0.15, 0.2) is 5.69 Å². The molecule has 4 rings (SSSR count). The molecule has 1 aliphatic carbocycles. The molecule has 28 heavy (non-hydrogen) atoms. The first-order chi connectivity index (χ1) is 13.6. The summed E-state index contributed by atoms with van der Waals surface area (Å²) >= 11 is 0. The molecule has 0 aliphatic heterocycles. The van der Waals surface area contributed by atoms with Gasteiger partial charge in [0.2, 0.25) is 0 Å². The molecule has 6 nitrogen and oxygen atoms in total. The molecule has 0 atom stereocenters. The number of amides is 1. The maximum absolute atomic E-state index is 12.4. The molecule has 0 radical (unpaired) electrons. The first-order valence-corrected chi connectivity index (χ1v) is 9.64. The Bertz CT molecular complexity index is 992. The van der Waals surface area contributed by atoms with Gasteiger partial charge in [-0.25, -0.2) is 4.68 Å². The summed E-state index contributed by atoms with van der Waals surface area (Å²) in [6, 6.07) is 14.2. The zero-order valence-corrected chi connectivity index (χ0v) is 16.2. The van der Waals surface area contributed by atoms with Crippen molar-refractivity contribution in [1.29, 1.82) is 0 Å². The Morgan fingerprint density at radius 2 is 1.89 bits per heavy atom. The van der Waals surface area contributed by atoms with Gasteiger partial charge in [0.1, 0.15) is 12.4 Å². The molecule has 1 aromatic heterocycles. The number of hydrogen-bond acceptors (Lipinski definition) is 4. The molecule has 2 aromatic carbocycles. The summed E-state index contributed by atoms with van der Waals surface area (Å²) in [5, 5.41) is 11.0. The van der Waals surface area contributed by atoms with Gasteiger partial charge >= 0.3 is 0 Å². The van der Waals surface area contributed by atoms with Gasteiger partial charge in [-0.05, 0) is 68.5 Å². The minimum absolute atomic E-state index is 0.242. The summed E-state index contributed by atoms with van der Waals surface area (Å²) in [5.41, 5.74) is 5.90. The number of aromatic nitrogens is 3. The zero-order chi connectivity index (χ0) is 19.5. The van der Waals surface area contributed by atoms with Crippen molar-refractivity contribution < 1.29 is 9.53 Å². The summed E-state index contributed by atoms with van der Waals surface area (Å²) in [6.07, 6.45) is 3.50. The number of nitrogens with one attached hydrogen (secondary N) is 1. The van der Waals surface area contributed by atoms with Crippen molar-refractivity contribution in [2.24, 2.45) is 0 Å². The summed E-state index contributed by atoms with van der Waals surface area (Å²) in [7, 11) is 0. The normalized spacial score (nSPS) is 12.6. The van der Waals surface area contributed by atoms with Crippen LogP contribution in [0.4, 0.5) is 0 Å². The largest absolute Gasteiger partial charge is 0.492 e. The maximum Gasteiger partial charge on any atom is 0.273 e. The lowest BCUT2D eigenvalue weighted by Gasteiger charge is -2.09. The van der Waals surface area contributed by atoms with Gasteiger partial charge in [0, 0.05) is 0 Å². The van der Waals surface area contributed by atoms with Crippen LogP contribution >= 0.6 is 0 Å². The van der Waals surface area contributed by atoms with E-state index in [4.69, 9.17) is 4.74 Å². The summed E-state index contributed by atoms with van der Waals surface area (Å²) in [5.74, 6) is 0.616. The Hall–Kier alpha value is -3.15. The van der Waals surface area contributed by atoms with Crippen LogP contribution in [0, 0.1) is 13.8 Å². The number of aryl methyl sites for hydroxylation is 3. The fraction of sp³-hybridized carbons (Fsp3) is 0.318. The highest BCUT2D eigenvalue weighted by atomic mass is 16.5. The quantitative estimate of drug-likeness (QED) is 0.671. The minimum Gasteiger partial charge on any atom is -0.492 e. The molecule has 1 heterocycles. The van der Waals surface area contributed by atoms with Crippen molar-refractivity contribution in [3.05, 3.63) is 70.5 Å². The number of benzene rings is 2. The molecule has 1 amide bonds. The van der Waals surface area contributed by atoms with Gasteiger partial charge in [0.25, 0.3) is 5.91 Å². The number of rotatable bonds is 6. The molecule has 1 N–H and O–H groups in total. The average Bonchev–Trinajstić information content (AvgIpc) is 3.32. The van der Waals surface area contributed by atoms with Crippen LogP contribution in [-0.4, -0.2) is 34.1 Å². The smallest absolute Gasteiger partial charge is 0.273 e. The van der Waals surface area contributed by atoms with Gasteiger partial charge in [-0.1, -0.05) is 29.0 Å². The lowest BCUT2D eigenvalue weighted by molar-refractivity contribution is 0.0941. The van der Waals surface area contributed by atoms with E-state index in [9.17, 15) is 4.79 Å². The number of ether oxygens (including phenoxy) is 1. The first-order valence-electron chi connectivity index (χ1n) is 9.64. The predicted molar refractivity (Wildman–Crippen MR) is 107 cm³/mol. The van der Waals surface area contributed by atoms with Crippen molar-refractivity contribution in [2.45, 2.75) is 33.1 Å². The molecule has 6 heteroatoms. The highest BCUT2D eigenvalue weighted by Gasteiger charge is 2.17. The minimum atomic E-state index is -0.242. The second kappa shape index (κ2) is 7.84. The van der Waals surface area contributed by atoms with E-state index in [0.717, 1.165) is 24.3 Å². The molecular weight excluding hydrogens is 352 g/mol. The van der Waals surface area contributed by atoms with Crippen LogP contribution in [0.1, 0.15) is 39.3 Å². The van der Waals surface area contributed by atoms with E-state index in [1.54, 1.807) is 4.68 Å². The Morgan fingerprint density at radius 1 is 1.11 bits per heavy atom. The first kappa shape index (κ1) is 18.2. The molecule has 3 aromatic rings. The molecule has 0 unspecified atom stereocenters. The van der Waals surface area contributed by atoms with Crippen LogP contribution < -0.4 is 10.1 Å². The summed E-state index contributed by atoms with van der Waals surface area (Å²) in [6.45, 7) is 4.69. The Kier molecular flexibility index (Phi) is 5.10. The molecule has 0 spiro atoms. The topological polar surface area (TPSA) is 69.0 Å². The third kappa shape index (κ3) is 3.76. The maximum atomic E-state index is 12.4. The average molecular weight is 376 g/mol. The van der Waals surface area contributed by atoms with Crippen LogP contribution in [0.25, 0.3) is 5.69 Å². The fourth-order valence-electron chi connectivity index (χ4n) is 3.53. The van der Waals surface area contributed by atoms with E-state index >= 15 is 0 Å². The molecular formula is C22H24N4O2. The number of carbonyl (C=O) groups excluding carboxylic acids is 1. The zero-order valence-electron chi connectivity index (χ0n) is 16.2. The summed E-state index contributed by atoms with van der Waals surface area (Å²) in [4.78, 5) is 12.4. The molecule has 0 bridgehead atoms. The third-order valence-corrected chi connectivity index (χ3v) is 5.11. The highest BCUT2D eigenvalue weighted by Crippen LogP contribution is 2.25. The highest BCUT2D eigenvalue weighted by molar-refractivity contribution is 5.93. The van der Waals surface area contributed by atoms with Crippen molar-refractivity contribution in [3.8, 4) is 11.4 Å². The van der Waals surface area contributed by atoms with Crippen LogP contribution in [0.3, 0.4) is 0 Å². The van der Waals surface area contributed by atoms with Gasteiger partial charge in [-0.15, -0.1) is 5.10 Å². The number of hydrogen-bond donors (Lipinski definition) is 1. The molecule has 0 saturated heterocycles. The lowest BCUT2D eigenvalue weighted by Crippen LogP contribution is -2.29. The predicted octanol–water partition coefficient (Wildman–Crippen LogP) is 3.18. The lowest BCUT2D eigenvalue weighted by atomic mass is 10.1. The Morgan fingerprint density at radius 3 is 2.71 bits per heavy atom. The second-order valence-corrected chi connectivity index (χ2v) is 7.16. The number of nitrogens with zero attached hydrogens (tertiary/aromatic N) is 3. The van der Waals surface area contributed by atoms with Crippen molar-refractivity contribution in [3.63, 3.8) is 0 Å². The van der Waals surface area contributed by atoms with Gasteiger partial charge in [0.05, 0.1) is 17.9 Å². The van der Waals surface area contributed by atoms with Crippen molar-refractivity contribution >= 4 is 5.91 Å². The van der Waals surface area contributed by atoms with Crippen molar-refractivity contribution in [2.75, 3.05) is 13.2 Å². The Balaban J connectivity index is 1.32. The van der Waals surface area contributed by atoms with E-state index in [1.165, 1.54) is 23.1 Å². The van der Waals surface area contributed by atoms with E-state index in [1.807, 2.05) is 44.2 Å². The van der Waals surface area contributed by atoms with Crippen LogP contribution in [-0.2, 0) is 12.8 Å².